The van der Waals surface area contributed by atoms with E-state index in [0.717, 1.165) is 98.6 Å². The molecule has 62 heavy (non-hydrogen) atoms. The summed E-state index contributed by atoms with van der Waals surface area (Å²) in [4.78, 5) is 58.3. The van der Waals surface area contributed by atoms with Gasteiger partial charge in [0.05, 0.1) is 25.4 Å². The summed E-state index contributed by atoms with van der Waals surface area (Å²) in [7, 11) is 0. The fraction of sp³-hybridized carbons (Fsp3) is 0.500. The minimum atomic E-state index is -1.02. The Hall–Kier alpha value is -6.14. The van der Waals surface area contributed by atoms with Crippen molar-refractivity contribution in [3.05, 3.63) is 92.9 Å². The fourth-order valence-corrected chi connectivity index (χ4v) is 7.98. The largest absolute Gasteiger partial charge is 0.480 e. The summed E-state index contributed by atoms with van der Waals surface area (Å²) in [5.74, 6) is 1.52. The van der Waals surface area contributed by atoms with Gasteiger partial charge in [-0.25, -0.2) is 4.79 Å². The van der Waals surface area contributed by atoms with E-state index in [-0.39, 0.29) is 29.8 Å². The molecule has 0 saturated carbocycles. The number of nitrogens with one attached hydrogen (secondary N) is 1. The molecule has 18 nitrogen and oxygen atoms in total. The Morgan fingerprint density at radius 3 is 2.37 bits per heavy atom. The number of benzene rings is 2. The van der Waals surface area contributed by atoms with Crippen LogP contribution < -0.4 is 21.9 Å². The molecule has 6 N–H and O–H groups in total. The van der Waals surface area contributed by atoms with Crippen molar-refractivity contribution in [2.45, 2.75) is 110 Å². The van der Waals surface area contributed by atoms with Crippen LogP contribution in [0.2, 0.25) is 0 Å². The highest BCUT2D eigenvalue weighted by Crippen LogP contribution is 2.30. The van der Waals surface area contributed by atoms with Crippen LogP contribution in [0.25, 0.3) is 11.2 Å². The van der Waals surface area contributed by atoms with E-state index >= 15 is 0 Å². The molecule has 3 aromatic heterocycles. The zero-order valence-electron chi connectivity index (χ0n) is 35.7. The lowest BCUT2D eigenvalue weighted by molar-refractivity contribution is -0.138. The van der Waals surface area contributed by atoms with Crippen molar-refractivity contribution in [3.63, 3.8) is 0 Å². The second-order valence-electron chi connectivity index (χ2n) is 16.3. The molecule has 1 atom stereocenters. The number of H-pyrrole nitrogens is 1. The lowest BCUT2D eigenvalue weighted by Crippen LogP contribution is -2.39. The second kappa shape index (κ2) is 20.6. The average Bonchev–Trinajstić information content (AvgIpc) is 3.84. The first-order chi connectivity index (χ1) is 30.1. The molecule has 5 heterocycles. The zero-order chi connectivity index (χ0) is 43.6. The Bertz CT molecular complexity index is 2380. The molecule has 2 aromatic carbocycles. The highest BCUT2D eigenvalue weighted by atomic mass is 16.6. The number of likely N-dealkylation sites (tertiary alicyclic amines) is 1. The number of unbranched alkanes of at least 4 members (excludes halogenated alkanes) is 3. The first kappa shape index (κ1) is 43.9. The molecule has 0 radical (unpaired) electrons. The summed E-state index contributed by atoms with van der Waals surface area (Å²) in [6.45, 7) is 9.80. The number of oxime groups is 1. The number of rotatable bonds is 20. The molecule has 0 bridgehead atoms. The number of hydrogen-bond acceptors (Lipinski definition) is 13. The van der Waals surface area contributed by atoms with Crippen molar-refractivity contribution in [2.24, 2.45) is 10.9 Å². The Balaban J connectivity index is 0.807. The number of nitrogens with zero attached hydrogens (tertiary/aromatic N) is 9. The lowest BCUT2D eigenvalue weighted by atomic mass is 9.95. The summed E-state index contributed by atoms with van der Waals surface area (Å²) in [5.41, 5.74) is 16.9. The van der Waals surface area contributed by atoms with Gasteiger partial charge in [0, 0.05) is 32.0 Å². The van der Waals surface area contributed by atoms with Gasteiger partial charge in [0.25, 0.3) is 0 Å². The van der Waals surface area contributed by atoms with E-state index in [1.165, 1.54) is 5.56 Å². The van der Waals surface area contributed by atoms with Crippen LogP contribution in [-0.2, 0) is 47.0 Å². The van der Waals surface area contributed by atoms with E-state index in [1.54, 1.807) is 4.57 Å². The van der Waals surface area contributed by atoms with Crippen molar-refractivity contribution in [1.29, 1.82) is 0 Å². The van der Waals surface area contributed by atoms with Crippen molar-refractivity contribution < 1.29 is 24.3 Å². The number of fused-ring (bicyclic) bond motifs is 2. The van der Waals surface area contributed by atoms with Crippen LogP contribution >= 0.6 is 0 Å². The van der Waals surface area contributed by atoms with Crippen LogP contribution in [0.15, 0.2) is 58.5 Å². The molecule has 5 aromatic rings. The van der Waals surface area contributed by atoms with Gasteiger partial charge >= 0.3 is 17.7 Å². The molecule has 0 spiro atoms. The third-order valence-corrected chi connectivity index (χ3v) is 11.7. The number of piperidine rings is 1. The van der Waals surface area contributed by atoms with E-state index < -0.39 is 12.0 Å². The molecule has 1 fully saturated rings. The maximum Gasteiger partial charge on any atom is 0.328 e. The summed E-state index contributed by atoms with van der Waals surface area (Å²) in [6, 6.07) is 15.0. The van der Waals surface area contributed by atoms with Crippen LogP contribution in [0.3, 0.4) is 0 Å². The number of carbonyl (C=O) groups is 2. The number of nitrogens with two attached hydrogens (primary N) is 2. The Kier molecular flexibility index (Phi) is 14.6. The molecule has 7 rings (SSSR count). The van der Waals surface area contributed by atoms with Gasteiger partial charge in [-0.3, -0.25) is 19.1 Å². The molecule has 330 valence electrons. The van der Waals surface area contributed by atoms with Crippen LogP contribution in [-0.4, -0.2) is 106 Å². The first-order valence-corrected chi connectivity index (χ1v) is 21.7. The SMILES string of the molecule is CCCCOc1nc(N)c2[nH]c(=O)n(Cc3ccc(CN4CCC(c5nnc6n5CCN(C(=O)CCCCCO/N=C(\C)c5ccc(C[C@H](N)C(=O)O)cc5)C6)CC4)cc3)c2n1. The third-order valence-electron chi connectivity index (χ3n) is 11.7. The monoisotopic (exact) mass is 850 g/mol. The smallest absolute Gasteiger partial charge is 0.328 e. The first-order valence-electron chi connectivity index (χ1n) is 21.7. The van der Waals surface area contributed by atoms with Gasteiger partial charge in [0.15, 0.2) is 17.3 Å². The average molecular weight is 851 g/mol. The summed E-state index contributed by atoms with van der Waals surface area (Å²) in [6.07, 6.45) is 7.00. The summed E-state index contributed by atoms with van der Waals surface area (Å²) < 4.78 is 9.47. The molecule has 18 heteroatoms. The maximum atomic E-state index is 13.1. The van der Waals surface area contributed by atoms with E-state index in [4.69, 9.17) is 26.1 Å². The number of aliphatic carboxylic acids is 1. The second-order valence-corrected chi connectivity index (χ2v) is 16.3. The minimum absolute atomic E-state index is 0.137. The number of carboxylic acid groups (broad SMARTS) is 1. The number of amides is 1. The van der Waals surface area contributed by atoms with Crippen LogP contribution in [0, 0.1) is 0 Å². The van der Waals surface area contributed by atoms with Gasteiger partial charge in [-0.1, -0.05) is 67.0 Å². The molecule has 1 saturated heterocycles. The highest BCUT2D eigenvalue weighted by Gasteiger charge is 2.30. The fourth-order valence-electron chi connectivity index (χ4n) is 7.98. The number of nitrogen functional groups attached to an aromatic ring is 1. The molecular weight excluding hydrogens is 793 g/mol. The van der Waals surface area contributed by atoms with Crippen LogP contribution in [0.4, 0.5) is 5.82 Å². The van der Waals surface area contributed by atoms with E-state index in [1.807, 2.05) is 36.1 Å². The van der Waals surface area contributed by atoms with Crippen molar-refractivity contribution in [3.8, 4) is 6.01 Å². The number of imidazole rings is 1. The molecule has 0 unspecified atom stereocenters. The van der Waals surface area contributed by atoms with Crippen molar-refractivity contribution in [1.82, 2.24) is 44.1 Å². The van der Waals surface area contributed by atoms with E-state index in [2.05, 4.69) is 71.0 Å². The number of carboxylic acids is 1. The van der Waals surface area contributed by atoms with E-state index in [9.17, 15) is 14.4 Å². The topological polar surface area (TPSA) is 238 Å². The lowest BCUT2D eigenvalue weighted by Gasteiger charge is -2.33. The van der Waals surface area contributed by atoms with Crippen molar-refractivity contribution in [2.75, 3.05) is 38.6 Å². The third kappa shape index (κ3) is 11.0. The number of anilines is 1. The van der Waals surface area contributed by atoms with Gasteiger partial charge in [-0.15, -0.1) is 10.2 Å². The number of carbonyl (C=O) groups excluding carboxylic acids is 1. The zero-order valence-corrected chi connectivity index (χ0v) is 35.7. The maximum absolute atomic E-state index is 13.1. The number of hydrogen-bond donors (Lipinski definition) is 4. The number of aromatic nitrogens is 7. The van der Waals surface area contributed by atoms with Crippen LogP contribution in [0.5, 0.6) is 6.01 Å². The van der Waals surface area contributed by atoms with Crippen LogP contribution in [0.1, 0.15) is 105 Å². The van der Waals surface area contributed by atoms with Gasteiger partial charge in [0.1, 0.15) is 24.0 Å². The Morgan fingerprint density at radius 2 is 1.65 bits per heavy atom. The number of ether oxygens (including phenoxy) is 1. The quantitative estimate of drug-likeness (QED) is 0.0489. The molecule has 0 aliphatic carbocycles. The number of aromatic amines is 1. The molecular formula is C44H58N12O6. The normalized spacial score (nSPS) is 15.5. The Morgan fingerprint density at radius 1 is 0.919 bits per heavy atom. The molecule has 1 amide bonds. The molecule has 2 aliphatic rings. The predicted octanol–water partition coefficient (Wildman–Crippen LogP) is 4.20. The van der Waals surface area contributed by atoms with E-state index in [0.29, 0.717) is 62.9 Å². The molecule has 2 aliphatic heterocycles. The van der Waals surface area contributed by atoms with Gasteiger partial charge in [0.2, 0.25) is 5.91 Å². The Labute approximate surface area is 360 Å². The van der Waals surface area contributed by atoms with Gasteiger partial charge in [-0.2, -0.15) is 9.97 Å². The van der Waals surface area contributed by atoms with Crippen molar-refractivity contribution >= 4 is 34.6 Å². The minimum Gasteiger partial charge on any atom is -0.480 e. The summed E-state index contributed by atoms with van der Waals surface area (Å²) >= 11 is 0. The summed E-state index contributed by atoms with van der Waals surface area (Å²) in [5, 5.41) is 22.4. The van der Waals surface area contributed by atoms with Gasteiger partial charge < -0.3 is 40.6 Å². The standard InChI is InChI=1S/C44H58N12O6/c1-3-4-23-61-43-48-39(46)38-41(49-43)56(44(60)47-38)27-32-11-9-31(10-12-32)26-53-19-17-34(18-20-53)40-51-50-36-28-54(21-22-55(36)40)37(57)8-6-5-7-24-62-52-29(2)33-15-13-30(14-16-33)25-35(45)42(58)59/h9-16,34-35H,3-8,17-28,45H2,1-2H3,(H,47,60)(H,58,59)(H2,46,48,49)/b52-29+/t35-/m0/s1. The van der Waals surface area contributed by atoms with Gasteiger partial charge in [-0.05, 0) is 87.2 Å². The predicted molar refractivity (Wildman–Crippen MR) is 234 cm³/mol. The highest BCUT2D eigenvalue weighted by molar-refractivity contribution is 5.98.